The lowest BCUT2D eigenvalue weighted by molar-refractivity contribution is 0.631. The van der Waals surface area contributed by atoms with Crippen LogP contribution in [0.25, 0.3) is 27.8 Å². The SMILES string of the molecule is c1ccc(-c2nc(N3CCN(c4ccc5nncn5n4)CC3)nc3ccccc23)cc1. The van der Waals surface area contributed by atoms with Crippen molar-refractivity contribution < 1.29 is 0 Å². The molecule has 5 aromatic rings. The lowest BCUT2D eigenvalue weighted by Crippen LogP contribution is -2.47. The van der Waals surface area contributed by atoms with Gasteiger partial charge in [0.15, 0.2) is 5.65 Å². The summed E-state index contributed by atoms with van der Waals surface area (Å²) in [4.78, 5) is 14.4. The zero-order valence-corrected chi connectivity index (χ0v) is 16.8. The molecule has 0 bridgehead atoms. The highest BCUT2D eigenvalue weighted by Crippen LogP contribution is 2.28. The average Bonchev–Trinajstić information content (AvgIpc) is 3.32. The molecule has 1 aliphatic heterocycles. The van der Waals surface area contributed by atoms with Gasteiger partial charge in [-0.3, -0.25) is 0 Å². The van der Waals surface area contributed by atoms with Crippen LogP contribution in [0.3, 0.4) is 0 Å². The van der Waals surface area contributed by atoms with Gasteiger partial charge in [0.2, 0.25) is 5.95 Å². The minimum atomic E-state index is 0.750. The van der Waals surface area contributed by atoms with Crippen molar-refractivity contribution in [1.29, 1.82) is 0 Å². The summed E-state index contributed by atoms with van der Waals surface area (Å²) < 4.78 is 1.71. The van der Waals surface area contributed by atoms with E-state index in [0.717, 1.165) is 65.8 Å². The molecule has 0 spiro atoms. The minimum absolute atomic E-state index is 0.750. The molecule has 0 radical (unpaired) electrons. The van der Waals surface area contributed by atoms with Crippen LogP contribution in [-0.2, 0) is 0 Å². The third-order valence-corrected chi connectivity index (χ3v) is 5.67. The Morgan fingerprint density at radius 3 is 2.35 bits per heavy atom. The molecule has 0 unspecified atom stereocenters. The van der Waals surface area contributed by atoms with E-state index >= 15 is 0 Å². The highest BCUT2D eigenvalue weighted by Gasteiger charge is 2.22. The molecule has 8 nitrogen and oxygen atoms in total. The van der Waals surface area contributed by atoms with Gasteiger partial charge < -0.3 is 9.80 Å². The largest absolute Gasteiger partial charge is 0.352 e. The van der Waals surface area contributed by atoms with Gasteiger partial charge in [-0.05, 0) is 18.2 Å². The molecule has 4 heterocycles. The molecule has 31 heavy (non-hydrogen) atoms. The maximum atomic E-state index is 4.99. The minimum Gasteiger partial charge on any atom is -0.352 e. The molecule has 1 aliphatic rings. The van der Waals surface area contributed by atoms with Gasteiger partial charge in [0.25, 0.3) is 0 Å². The Labute approximate surface area is 178 Å². The molecule has 0 N–H and O–H groups in total. The number of benzene rings is 2. The maximum absolute atomic E-state index is 4.99. The van der Waals surface area contributed by atoms with Gasteiger partial charge in [0.05, 0.1) is 11.2 Å². The van der Waals surface area contributed by atoms with Crippen molar-refractivity contribution >= 4 is 28.3 Å². The molecule has 0 aliphatic carbocycles. The van der Waals surface area contributed by atoms with Gasteiger partial charge in [-0.25, -0.2) is 9.97 Å². The first-order chi connectivity index (χ1) is 15.3. The van der Waals surface area contributed by atoms with Crippen LogP contribution in [0.2, 0.25) is 0 Å². The molecule has 2 aromatic carbocycles. The molecule has 152 valence electrons. The third-order valence-electron chi connectivity index (χ3n) is 5.67. The monoisotopic (exact) mass is 408 g/mol. The number of anilines is 2. The quantitative estimate of drug-likeness (QED) is 0.454. The van der Waals surface area contributed by atoms with Crippen LogP contribution in [0.5, 0.6) is 0 Å². The Hall–Kier alpha value is -4.07. The van der Waals surface area contributed by atoms with Crippen molar-refractivity contribution in [2.75, 3.05) is 36.0 Å². The molecule has 1 fully saturated rings. The smallest absolute Gasteiger partial charge is 0.226 e. The number of nitrogens with zero attached hydrogens (tertiary/aromatic N) is 8. The van der Waals surface area contributed by atoms with Gasteiger partial charge in [0, 0.05) is 37.1 Å². The van der Waals surface area contributed by atoms with Gasteiger partial charge in [-0.15, -0.1) is 15.3 Å². The fraction of sp³-hybridized carbons (Fsp3) is 0.174. The average molecular weight is 408 g/mol. The zero-order valence-electron chi connectivity index (χ0n) is 16.8. The third kappa shape index (κ3) is 3.22. The fourth-order valence-corrected chi connectivity index (χ4v) is 4.04. The zero-order chi connectivity index (χ0) is 20.6. The van der Waals surface area contributed by atoms with Crippen LogP contribution in [0.15, 0.2) is 73.1 Å². The first-order valence-corrected chi connectivity index (χ1v) is 10.3. The highest BCUT2D eigenvalue weighted by atomic mass is 15.4. The summed E-state index contributed by atoms with van der Waals surface area (Å²) in [5.74, 6) is 1.70. The van der Waals surface area contributed by atoms with Crippen LogP contribution in [0.4, 0.5) is 11.8 Å². The van der Waals surface area contributed by atoms with E-state index < -0.39 is 0 Å². The topological polar surface area (TPSA) is 75.3 Å². The van der Waals surface area contributed by atoms with E-state index in [1.165, 1.54) is 0 Å². The molecule has 1 saturated heterocycles. The van der Waals surface area contributed by atoms with E-state index in [1.807, 2.05) is 42.5 Å². The Morgan fingerprint density at radius 1 is 0.710 bits per heavy atom. The summed E-state index contributed by atoms with van der Waals surface area (Å²) >= 11 is 0. The molecule has 6 rings (SSSR count). The van der Waals surface area contributed by atoms with Gasteiger partial charge in [-0.1, -0.05) is 48.5 Å². The maximum Gasteiger partial charge on any atom is 0.226 e. The van der Waals surface area contributed by atoms with Crippen LogP contribution in [0, 0.1) is 0 Å². The molecule has 0 saturated carbocycles. The van der Waals surface area contributed by atoms with Crippen LogP contribution >= 0.6 is 0 Å². The first kappa shape index (κ1) is 17.8. The van der Waals surface area contributed by atoms with Crippen molar-refractivity contribution in [3.8, 4) is 11.3 Å². The van der Waals surface area contributed by atoms with E-state index in [9.17, 15) is 0 Å². The second-order valence-corrected chi connectivity index (χ2v) is 7.55. The Morgan fingerprint density at radius 2 is 1.48 bits per heavy atom. The summed E-state index contributed by atoms with van der Waals surface area (Å²) in [7, 11) is 0. The normalized spacial score (nSPS) is 14.5. The Balaban J connectivity index is 1.30. The fourth-order valence-electron chi connectivity index (χ4n) is 4.04. The molecular formula is C23H20N8. The van der Waals surface area contributed by atoms with Crippen LogP contribution in [0.1, 0.15) is 0 Å². The number of fused-ring (bicyclic) bond motifs is 2. The summed E-state index contributed by atoms with van der Waals surface area (Å²) in [5.41, 5.74) is 3.80. The van der Waals surface area contributed by atoms with Crippen molar-refractivity contribution in [2.24, 2.45) is 0 Å². The summed E-state index contributed by atoms with van der Waals surface area (Å²) in [5, 5.41) is 13.6. The van der Waals surface area contributed by atoms with Crippen molar-refractivity contribution in [3.05, 3.63) is 73.1 Å². The van der Waals surface area contributed by atoms with E-state index in [4.69, 9.17) is 9.97 Å². The van der Waals surface area contributed by atoms with E-state index in [0.29, 0.717) is 0 Å². The van der Waals surface area contributed by atoms with Crippen molar-refractivity contribution in [1.82, 2.24) is 29.8 Å². The number of aromatic nitrogens is 6. The van der Waals surface area contributed by atoms with Crippen molar-refractivity contribution in [3.63, 3.8) is 0 Å². The molecule has 0 atom stereocenters. The number of para-hydroxylation sites is 1. The van der Waals surface area contributed by atoms with Gasteiger partial charge in [0.1, 0.15) is 12.1 Å². The van der Waals surface area contributed by atoms with Crippen molar-refractivity contribution in [2.45, 2.75) is 0 Å². The Kier molecular flexibility index (Phi) is 4.19. The second kappa shape index (κ2) is 7.32. The second-order valence-electron chi connectivity index (χ2n) is 7.55. The Bertz CT molecular complexity index is 1360. The van der Waals surface area contributed by atoms with E-state index in [2.05, 4.69) is 49.4 Å². The lowest BCUT2D eigenvalue weighted by atomic mass is 10.1. The van der Waals surface area contributed by atoms with Gasteiger partial charge >= 0.3 is 0 Å². The molecule has 0 amide bonds. The first-order valence-electron chi connectivity index (χ1n) is 10.3. The van der Waals surface area contributed by atoms with E-state index in [1.54, 1.807) is 10.8 Å². The lowest BCUT2D eigenvalue weighted by Gasteiger charge is -2.35. The predicted molar refractivity (Wildman–Crippen MR) is 120 cm³/mol. The van der Waals surface area contributed by atoms with Crippen LogP contribution < -0.4 is 9.80 Å². The van der Waals surface area contributed by atoms with Gasteiger partial charge in [-0.2, -0.15) is 4.52 Å². The summed E-state index contributed by atoms with van der Waals surface area (Å²) in [6, 6.07) is 22.5. The number of piperazine rings is 1. The molecule has 3 aromatic heterocycles. The summed E-state index contributed by atoms with van der Waals surface area (Å²) in [6.45, 7) is 3.35. The predicted octanol–water partition coefficient (Wildman–Crippen LogP) is 3.06. The number of hydrogen-bond acceptors (Lipinski definition) is 7. The standard InChI is InChI=1S/C23H20N8/c1-2-6-17(7-3-1)22-18-8-4-5-9-19(18)25-23(26-22)30-14-12-29(13-15-30)21-11-10-20-27-24-16-31(20)28-21/h1-11,16H,12-15H2. The summed E-state index contributed by atoms with van der Waals surface area (Å²) in [6.07, 6.45) is 1.63. The van der Waals surface area contributed by atoms with E-state index in [-0.39, 0.29) is 0 Å². The molecule has 8 heteroatoms. The van der Waals surface area contributed by atoms with Crippen LogP contribution in [-0.4, -0.2) is 56.0 Å². The molecular weight excluding hydrogens is 388 g/mol. The highest BCUT2D eigenvalue weighted by molar-refractivity contribution is 5.93. The number of hydrogen-bond donors (Lipinski definition) is 0. The number of rotatable bonds is 3.